The van der Waals surface area contributed by atoms with E-state index in [0.29, 0.717) is 23.6 Å². The molecule has 1 aliphatic carbocycles. The van der Waals surface area contributed by atoms with Crippen molar-refractivity contribution in [2.24, 2.45) is 0 Å². The number of carbonyl (C=O) groups excluding carboxylic acids is 2. The van der Waals surface area contributed by atoms with Gasteiger partial charge in [0.05, 0.1) is 4.91 Å². The van der Waals surface area contributed by atoms with Gasteiger partial charge in [-0.1, -0.05) is 43.2 Å². The highest BCUT2D eigenvalue weighted by atomic mass is 32.2. The van der Waals surface area contributed by atoms with Gasteiger partial charge in [-0.25, -0.2) is 4.39 Å². The number of nitrogens with zero attached hydrogens (tertiary/aromatic N) is 3. The number of anilines is 1. The summed E-state index contributed by atoms with van der Waals surface area (Å²) in [5.74, 6) is -0.487. The first-order chi connectivity index (χ1) is 17.4. The number of aryl methyl sites for hydroxylation is 1. The van der Waals surface area contributed by atoms with E-state index in [-0.39, 0.29) is 41.5 Å². The van der Waals surface area contributed by atoms with Crippen molar-refractivity contribution in [2.45, 2.75) is 56.9 Å². The van der Waals surface area contributed by atoms with Gasteiger partial charge in [-0.3, -0.25) is 9.59 Å². The van der Waals surface area contributed by atoms with E-state index in [4.69, 9.17) is 0 Å². The standard InChI is InChI=1S/C29H34FN3O2S/c1-20-8-7-10-23(16-20)32-15-14-31(18-21(32)2)28(34)19-33-25-12-5-6-13-26(25)36-27(29(33)35)17-22-9-3-4-11-24(22)30/h3-4,7-11,16-17,21,25-26H,5-6,12-15,18-19H2,1-2H3/b27-17-. The molecule has 3 fully saturated rings. The van der Waals surface area contributed by atoms with E-state index in [1.807, 2.05) is 4.90 Å². The number of piperazine rings is 1. The number of rotatable bonds is 4. The first-order valence-corrected chi connectivity index (χ1v) is 13.8. The lowest BCUT2D eigenvalue weighted by atomic mass is 9.93. The Hall–Kier alpha value is -2.80. The summed E-state index contributed by atoms with van der Waals surface area (Å²) in [5, 5.41) is 0.249. The van der Waals surface area contributed by atoms with Crippen LogP contribution in [0.25, 0.3) is 6.08 Å². The SMILES string of the molecule is Cc1cccc(N2CCN(C(=O)CN3C(=O)/C(=C/c4ccccc4F)SC4CCCCC43)CC2C)c1. The Kier molecular flexibility index (Phi) is 7.37. The summed E-state index contributed by atoms with van der Waals surface area (Å²) in [6, 6.07) is 15.2. The molecule has 2 aromatic rings. The average molecular weight is 508 g/mol. The van der Waals surface area contributed by atoms with E-state index in [0.717, 1.165) is 32.2 Å². The molecule has 3 atom stereocenters. The van der Waals surface area contributed by atoms with Gasteiger partial charge in [0.2, 0.25) is 5.91 Å². The van der Waals surface area contributed by atoms with Crippen LogP contribution in [0.3, 0.4) is 0 Å². The summed E-state index contributed by atoms with van der Waals surface area (Å²) < 4.78 is 14.3. The summed E-state index contributed by atoms with van der Waals surface area (Å²) >= 11 is 1.56. The molecule has 0 radical (unpaired) electrons. The first kappa shape index (κ1) is 24.9. The number of amides is 2. The normalized spacial score (nSPS) is 25.8. The second-order valence-electron chi connectivity index (χ2n) is 10.2. The lowest BCUT2D eigenvalue weighted by Crippen LogP contribution is -2.58. The Balaban J connectivity index is 1.31. The maximum atomic E-state index is 14.3. The molecule has 2 saturated heterocycles. The predicted molar refractivity (Wildman–Crippen MR) is 144 cm³/mol. The Labute approximate surface area is 217 Å². The minimum Gasteiger partial charge on any atom is -0.365 e. The molecule has 5 rings (SSSR count). The van der Waals surface area contributed by atoms with E-state index >= 15 is 0 Å². The van der Waals surface area contributed by atoms with E-state index in [9.17, 15) is 14.0 Å². The lowest BCUT2D eigenvalue weighted by molar-refractivity contribution is -0.141. The Morgan fingerprint density at radius 2 is 1.92 bits per heavy atom. The summed E-state index contributed by atoms with van der Waals surface area (Å²) in [6.45, 7) is 6.37. The van der Waals surface area contributed by atoms with Gasteiger partial charge < -0.3 is 14.7 Å². The molecule has 0 aromatic heterocycles. The second-order valence-corrected chi connectivity index (χ2v) is 11.5. The molecule has 36 heavy (non-hydrogen) atoms. The molecule has 190 valence electrons. The summed E-state index contributed by atoms with van der Waals surface area (Å²) in [7, 11) is 0. The smallest absolute Gasteiger partial charge is 0.261 e. The van der Waals surface area contributed by atoms with Crippen LogP contribution in [0.1, 0.15) is 43.7 Å². The van der Waals surface area contributed by atoms with Crippen molar-refractivity contribution in [1.29, 1.82) is 0 Å². The van der Waals surface area contributed by atoms with Gasteiger partial charge in [0.15, 0.2) is 0 Å². The van der Waals surface area contributed by atoms with Crippen LogP contribution in [0, 0.1) is 12.7 Å². The third kappa shape index (κ3) is 5.17. The average Bonchev–Trinajstić information content (AvgIpc) is 2.87. The first-order valence-electron chi connectivity index (χ1n) is 13.0. The Bertz CT molecular complexity index is 1170. The third-order valence-electron chi connectivity index (χ3n) is 7.63. The van der Waals surface area contributed by atoms with Gasteiger partial charge in [-0.05, 0) is 56.5 Å². The fourth-order valence-electron chi connectivity index (χ4n) is 5.72. The molecular formula is C29H34FN3O2S. The largest absolute Gasteiger partial charge is 0.365 e. The quantitative estimate of drug-likeness (QED) is 0.540. The zero-order valence-electron chi connectivity index (χ0n) is 21.0. The van der Waals surface area contributed by atoms with Crippen LogP contribution in [-0.4, -0.2) is 65.1 Å². The molecule has 0 bridgehead atoms. The van der Waals surface area contributed by atoms with Crippen LogP contribution in [0.5, 0.6) is 0 Å². The van der Waals surface area contributed by atoms with Crippen molar-refractivity contribution >= 4 is 35.3 Å². The zero-order chi connectivity index (χ0) is 25.2. The minimum atomic E-state index is -0.340. The van der Waals surface area contributed by atoms with Crippen molar-refractivity contribution in [1.82, 2.24) is 9.80 Å². The van der Waals surface area contributed by atoms with Gasteiger partial charge in [-0.2, -0.15) is 0 Å². The maximum Gasteiger partial charge on any atom is 0.261 e. The molecule has 2 amide bonds. The van der Waals surface area contributed by atoms with E-state index in [2.05, 4.69) is 43.0 Å². The highest BCUT2D eigenvalue weighted by molar-refractivity contribution is 8.04. The van der Waals surface area contributed by atoms with Crippen LogP contribution in [0.4, 0.5) is 10.1 Å². The van der Waals surface area contributed by atoms with Crippen LogP contribution in [-0.2, 0) is 9.59 Å². The molecule has 0 N–H and O–H groups in total. The van der Waals surface area contributed by atoms with Crippen LogP contribution in [0.15, 0.2) is 53.4 Å². The van der Waals surface area contributed by atoms with Gasteiger partial charge in [0.1, 0.15) is 12.4 Å². The lowest BCUT2D eigenvalue weighted by Gasteiger charge is -2.45. The van der Waals surface area contributed by atoms with Gasteiger partial charge in [0, 0.05) is 48.2 Å². The van der Waals surface area contributed by atoms with Gasteiger partial charge in [0.25, 0.3) is 5.91 Å². The molecule has 5 nitrogen and oxygen atoms in total. The number of hydrogen-bond acceptors (Lipinski definition) is 4. The monoisotopic (exact) mass is 507 g/mol. The van der Waals surface area contributed by atoms with E-state index in [1.165, 1.54) is 17.3 Å². The molecule has 3 aliphatic rings. The number of carbonyl (C=O) groups is 2. The summed E-state index contributed by atoms with van der Waals surface area (Å²) in [6.07, 6.45) is 5.77. The number of fused-ring (bicyclic) bond motifs is 1. The number of halogens is 1. The Morgan fingerprint density at radius 3 is 2.69 bits per heavy atom. The van der Waals surface area contributed by atoms with Gasteiger partial charge >= 0.3 is 0 Å². The third-order valence-corrected chi connectivity index (χ3v) is 9.03. The fourth-order valence-corrected chi connectivity index (χ4v) is 7.18. The molecule has 2 aliphatic heterocycles. The Morgan fingerprint density at radius 1 is 1.11 bits per heavy atom. The number of thioether (sulfide) groups is 1. The van der Waals surface area contributed by atoms with Crippen molar-refractivity contribution in [3.63, 3.8) is 0 Å². The van der Waals surface area contributed by atoms with Crippen molar-refractivity contribution < 1.29 is 14.0 Å². The predicted octanol–water partition coefficient (Wildman–Crippen LogP) is 5.10. The molecule has 2 heterocycles. The van der Waals surface area contributed by atoms with Crippen molar-refractivity contribution in [2.75, 3.05) is 31.1 Å². The fraction of sp³-hybridized carbons (Fsp3) is 0.448. The second kappa shape index (κ2) is 10.7. The minimum absolute atomic E-state index is 0.000516. The number of hydrogen-bond donors (Lipinski definition) is 0. The van der Waals surface area contributed by atoms with Crippen molar-refractivity contribution in [3.8, 4) is 0 Å². The zero-order valence-corrected chi connectivity index (χ0v) is 21.8. The highest BCUT2D eigenvalue weighted by Crippen LogP contribution is 2.42. The van der Waals surface area contributed by atoms with Gasteiger partial charge in [-0.15, -0.1) is 11.8 Å². The highest BCUT2D eigenvalue weighted by Gasteiger charge is 2.42. The molecule has 3 unspecified atom stereocenters. The van der Waals surface area contributed by atoms with Crippen molar-refractivity contribution in [3.05, 3.63) is 70.4 Å². The maximum absolute atomic E-state index is 14.3. The van der Waals surface area contributed by atoms with Crippen LogP contribution in [0.2, 0.25) is 0 Å². The topological polar surface area (TPSA) is 43.9 Å². The van der Waals surface area contributed by atoms with E-state index in [1.54, 1.807) is 40.9 Å². The molecule has 1 saturated carbocycles. The molecule has 0 spiro atoms. The van der Waals surface area contributed by atoms with Crippen LogP contribution >= 0.6 is 11.8 Å². The summed E-state index contributed by atoms with van der Waals surface area (Å²) in [5.41, 5.74) is 2.82. The van der Waals surface area contributed by atoms with E-state index < -0.39 is 0 Å². The summed E-state index contributed by atoms with van der Waals surface area (Å²) in [4.78, 5) is 33.6. The number of benzene rings is 2. The molecule has 2 aromatic carbocycles. The molecule has 7 heteroatoms. The molecular weight excluding hydrogens is 473 g/mol. The van der Waals surface area contributed by atoms with Crippen LogP contribution < -0.4 is 4.90 Å².